The number of amides is 1. The van der Waals surface area contributed by atoms with Crippen molar-refractivity contribution in [2.24, 2.45) is 0 Å². The van der Waals surface area contributed by atoms with Crippen LogP contribution >= 0.6 is 23.2 Å². The molecule has 0 spiro atoms. The molecular formula is C39H40Cl2N6O6. The number of carbonyl (C=O) groups is 2. The lowest BCUT2D eigenvalue weighted by Gasteiger charge is -2.16. The van der Waals surface area contributed by atoms with Crippen LogP contribution in [0.15, 0.2) is 77.9 Å². The van der Waals surface area contributed by atoms with Crippen molar-refractivity contribution in [2.45, 2.75) is 51.4 Å². The van der Waals surface area contributed by atoms with Gasteiger partial charge in [-0.25, -0.2) is 9.97 Å². The molecule has 6 rings (SSSR count). The van der Waals surface area contributed by atoms with Crippen molar-refractivity contribution in [1.82, 2.24) is 30.3 Å². The molecule has 1 aliphatic heterocycles. The maximum Gasteiger partial charge on any atom is 0.308 e. The van der Waals surface area contributed by atoms with E-state index in [1.807, 2.05) is 48.5 Å². The normalized spacial score (nSPS) is 14.7. The minimum atomic E-state index is -0.940. The van der Waals surface area contributed by atoms with E-state index in [0.29, 0.717) is 57.9 Å². The lowest BCUT2D eigenvalue weighted by atomic mass is 9.97. The number of aliphatic hydroxyl groups is 1. The number of esters is 1. The molecule has 276 valence electrons. The van der Waals surface area contributed by atoms with E-state index in [1.54, 1.807) is 32.4 Å². The summed E-state index contributed by atoms with van der Waals surface area (Å²) in [4.78, 5) is 45.6. The largest absolute Gasteiger partial charge is 0.481 e. The standard InChI is InChI=1S/C39H40Cl2N6O6/c1-3-53-35(50)17-27(48)22-43-19-25-20-44-33-16-23(14-15-47(33)39(25)51)28-6-4-7-29(36(28)40)30-8-5-9-31(37(30)41)32-12-10-24(38(46-32)52-2)18-42-21-26-11-13-34(49)45-26/h4-10,12,14-16,20,26-27,42-43,48H,3,11,13,17-19,21-22H2,1-2H3,(H,45,49)/t26-,27+/m1/s1. The molecule has 0 saturated carbocycles. The minimum Gasteiger partial charge on any atom is -0.481 e. The fourth-order valence-electron chi connectivity index (χ4n) is 6.30. The smallest absolute Gasteiger partial charge is 0.308 e. The van der Waals surface area contributed by atoms with Crippen LogP contribution in [0.4, 0.5) is 0 Å². The Balaban J connectivity index is 1.19. The molecule has 53 heavy (non-hydrogen) atoms. The van der Waals surface area contributed by atoms with Crippen molar-refractivity contribution in [2.75, 3.05) is 26.8 Å². The van der Waals surface area contributed by atoms with Crippen LogP contribution in [0.3, 0.4) is 0 Å². The van der Waals surface area contributed by atoms with E-state index >= 15 is 0 Å². The van der Waals surface area contributed by atoms with Crippen molar-refractivity contribution in [3.63, 3.8) is 0 Å². The summed E-state index contributed by atoms with van der Waals surface area (Å²) < 4.78 is 11.9. The number of methoxy groups -OCH3 is 1. The Labute approximate surface area is 316 Å². The van der Waals surface area contributed by atoms with Gasteiger partial charge in [-0.3, -0.25) is 18.8 Å². The van der Waals surface area contributed by atoms with Crippen LogP contribution < -0.4 is 26.2 Å². The molecule has 1 amide bonds. The van der Waals surface area contributed by atoms with Gasteiger partial charge in [-0.1, -0.05) is 65.7 Å². The fourth-order valence-corrected chi connectivity index (χ4v) is 6.96. The third-order valence-corrected chi connectivity index (χ3v) is 9.80. The summed E-state index contributed by atoms with van der Waals surface area (Å²) >= 11 is 14.2. The van der Waals surface area contributed by atoms with Gasteiger partial charge in [-0.05, 0) is 37.1 Å². The highest BCUT2D eigenvalue weighted by Gasteiger charge is 2.21. The molecule has 1 aliphatic rings. The van der Waals surface area contributed by atoms with Gasteiger partial charge < -0.3 is 30.5 Å². The SMILES string of the molecule is CCOC(=O)C[C@H](O)CNCc1cnc2cc(-c3cccc(-c4cccc(-c5ccc(CNC[C@H]6CCC(=O)N6)c(OC)n5)c4Cl)c3Cl)ccn2c1=O. The summed E-state index contributed by atoms with van der Waals surface area (Å²) in [6.45, 7) is 3.41. The van der Waals surface area contributed by atoms with Gasteiger partial charge in [0.05, 0.1) is 42.0 Å². The van der Waals surface area contributed by atoms with Crippen LogP contribution in [0.5, 0.6) is 5.88 Å². The van der Waals surface area contributed by atoms with E-state index in [4.69, 9.17) is 37.7 Å². The number of carbonyl (C=O) groups excluding carboxylic acids is 2. The first-order valence-corrected chi connectivity index (χ1v) is 18.1. The number of rotatable bonds is 15. The fraction of sp³-hybridized carbons (Fsp3) is 0.308. The Morgan fingerprint density at radius 1 is 1.00 bits per heavy atom. The van der Waals surface area contributed by atoms with Crippen molar-refractivity contribution in [3.8, 4) is 39.4 Å². The van der Waals surface area contributed by atoms with Gasteiger partial charge in [0, 0.05) is 84.4 Å². The number of aromatic nitrogens is 3. The Kier molecular flexibility index (Phi) is 12.4. The van der Waals surface area contributed by atoms with E-state index in [2.05, 4.69) is 20.9 Å². The highest BCUT2D eigenvalue weighted by molar-refractivity contribution is 6.39. The topological polar surface area (TPSA) is 156 Å². The van der Waals surface area contributed by atoms with Gasteiger partial charge in [0.1, 0.15) is 5.65 Å². The average Bonchev–Trinajstić information content (AvgIpc) is 3.57. The number of fused-ring (bicyclic) bond motifs is 1. The molecule has 0 radical (unpaired) electrons. The third-order valence-electron chi connectivity index (χ3n) is 8.98. The van der Waals surface area contributed by atoms with Crippen molar-refractivity contribution in [3.05, 3.63) is 105 Å². The second-order valence-corrected chi connectivity index (χ2v) is 13.4. The Morgan fingerprint density at radius 2 is 1.72 bits per heavy atom. The molecule has 4 heterocycles. The van der Waals surface area contributed by atoms with Gasteiger partial charge in [0.15, 0.2) is 0 Å². The van der Waals surface area contributed by atoms with Crippen molar-refractivity contribution >= 4 is 40.7 Å². The van der Waals surface area contributed by atoms with E-state index in [9.17, 15) is 19.5 Å². The third kappa shape index (κ3) is 8.86. The van der Waals surface area contributed by atoms with E-state index < -0.39 is 12.1 Å². The van der Waals surface area contributed by atoms with Crippen LogP contribution in [0.1, 0.15) is 37.3 Å². The second-order valence-electron chi connectivity index (χ2n) is 12.7. The number of hydrogen-bond acceptors (Lipinski definition) is 10. The van der Waals surface area contributed by atoms with Crippen molar-refractivity contribution in [1.29, 1.82) is 0 Å². The Morgan fingerprint density at radius 3 is 2.43 bits per heavy atom. The van der Waals surface area contributed by atoms with E-state index in [-0.39, 0.29) is 43.6 Å². The molecule has 1 fully saturated rings. The first kappa shape index (κ1) is 37.9. The summed E-state index contributed by atoms with van der Waals surface area (Å²) in [6.07, 6.45) is 3.45. The molecule has 0 aliphatic carbocycles. The molecule has 2 atom stereocenters. The highest BCUT2D eigenvalue weighted by Crippen LogP contribution is 2.42. The monoisotopic (exact) mass is 758 g/mol. The zero-order valence-electron chi connectivity index (χ0n) is 29.3. The van der Waals surface area contributed by atoms with Gasteiger partial charge >= 0.3 is 5.97 Å². The number of hydrogen-bond donors (Lipinski definition) is 4. The summed E-state index contributed by atoms with van der Waals surface area (Å²) in [5, 5.41) is 20.4. The first-order chi connectivity index (χ1) is 25.7. The lowest BCUT2D eigenvalue weighted by Crippen LogP contribution is -2.35. The predicted octanol–water partition coefficient (Wildman–Crippen LogP) is 5.18. The lowest BCUT2D eigenvalue weighted by molar-refractivity contribution is -0.145. The molecule has 5 aromatic rings. The maximum atomic E-state index is 13.2. The minimum absolute atomic E-state index is 0.0846. The predicted molar refractivity (Wildman–Crippen MR) is 204 cm³/mol. The number of nitrogens with one attached hydrogen (secondary N) is 3. The quantitative estimate of drug-likeness (QED) is 0.105. The number of nitrogens with zero attached hydrogens (tertiary/aromatic N) is 3. The molecule has 2 aromatic carbocycles. The Hall–Kier alpha value is -4.85. The molecule has 14 heteroatoms. The summed E-state index contributed by atoms with van der Waals surface area (Å²) in [6, 6.07) is 19.0. The van der Waals surface area contributed by atoms with Crippen LogP contribution in [0.25, 0.3) is 39.2 Å². The molecule has 4 N–H and O–H groups in total. The first-order valence-electron chi connectivity index (χ1n) is 17.3. The summed E-state index contributed by atoms with van der Waals surface area (Å²) in [5.74, 6) is 0.0797. The highest BCUT2D eigenvalue weighted by atomic mass is 35.5. The summed E-state index contributed by atoms with van der Waals surface area (Å²) in [7, 11) is 1.58. The van der Waals surface area contributed by atoms with Gasteiger partial charge in [0.25, 0.3) is 5.56 Å². The number of ether oxygens (including phenoxy) is 2. The van der Waals surface area contributed by atoms with Gasteiger partial charge in [-0.15, -0.1) is 0 Å². The number of pyridine rings is 2. The van der Waals surface area contributed by atoms with Crippen LogP contribution in [0, 0.1) is 0 Å². The molecule has 0 bridgehead atoms. The average molecular weight is 760 g/mol. The van der Waals surface area contributed by atoms with Crippen LogP contribution in [0.2, 0.25) is 10.0 Å². The number of halogens is 2. The van der Waals surface area contributed by atoms with Crippen LogP contribution in [-0.4, -0.2) is 70.3 Å². The second kappa shape index (κ2) is 17.3. The van der Waals surface area contributed by atoms with E-state index in [1.165, 1.54) is 10.6 Å². The zero-order valence-corrected chi connectivity index (χ0v) is 30.8. The molecule has 12 nitrogen and oxygen atoms in total. The Bertz CT molecular complexity index is 2190. The summed E-state index contributed by atoms with van der Waals surface area (Å²) in [5.41, 5.74) is 5.75. The number of benzene rings is 2. The van der Waals surface area contributed by atoms with Gasteiger partial charge in [0.2, 0.25) is 11.8 Å². The maximum absolute atomic E-state index is 13.2. The molecule has 1 saturated heterocycles. The van der Waals surface area contributed by atoms with Gasteiger partial charge in [-0.2, -0.15) is 0 Å². The van der Waals surface area contributed by atoms with E-state index in [0.717, 1.165) is 34.2 Å². The van der Waals surface area contributed by atoms with Crippen molar-refractivity contribution < 1.29 is 24.2 Å². The molecule has 0 unspecified atom stereocenters. The molecular weight excluding hydrogens is 719 g/mol. The zero-order chi connectivity index (χ0) is 37.5. The number of aliphatic hydroxyl groups excluding tert-OH is 1. The molecule has 3 aromatic heterocycles. The van der Waals surface area contributed by atoms with Crippen LogP contribution in [-0.2, 0) is 27.4 Å².